The van der Waals surface area contributed by atoms with Gasteiger partial charge in [0.2, 0.25) is 11.2 Å². The van der Waals surface area contributed by atoms with Gasteiger partial charge in [-0.25, -0.2) is 9.97 Å². The highest BCUT2D eigenvalue weighted by Crippen LogP contribution is 2.33. The second-order valence-corrected chi connectivity index (χ2v) is 5.74. The molecule has 0 spiro atoms. The van der Waals surface area contributed by atoms with E-state index in [0.717, 1.165) is 5.69 Å². The molecule has 1 N–H and O–H groups in total. The van der Waals surface area contributed by atoms with Gasteiger partial charge in [0.05, 0.1) is 10.3 Å². The summed E-state index contributed by atoms with van der Waals surface area (Å²) in [4.78, 5) is 30.4. The maximum atomic E-state index is 12.3. The van der Waals surface area contributed by atoms with Gasteiger partial charge in [-0.15, -0.1) is 0 Å². The number of aromatic amines is 1. The Morgan fingerprint density at radius 3 is 2.71 bits per heavy atom. The van der Waals surface area contributed by atoms with Crippen LogP contribution in [0, 0.1) is 10.1 Å². The number of carbonyl (C=O) groups excluding carboxylic acids is 1. The van der Waals surface area contributed by atoms with Crippen LogP contribution in [0.25, 0.3) is 17.1 Å². The number of H-pyrrole nitrogens is 1. The van der Waals surface area contributed by atoms with E-state index < -0.39 is 10.3 Å². The summed E-state index contributed by atoms with van der Waals surface area (Å²) in [7, 11) is 0. The number of nitrogens with one attached hydrogen (secondary N) is 1. The van der Waals surface area contributed by atoms with Crippen molar-refractivity contribution in [1.29, 1.82) is 0 Å². The monoisotopic (exact) mass is 284 g/mol. The van der Waals surface area contributed by atoms with Crippen LogP contribution in [0.4, 0.5) is 5.69 Å². The van der Waals surface area contributed by atoms with Gasteiger partial charge in [-0.3, -0.25) is 14.9 Å². The second kappa shape index (κ2) is 4.18. The highest BCUT2D eigenvalue weighted by Gasteiger charge is 2.40. The molecule has 0 atom stereocenters. The molecule has 2 aromatic rings. The summed E-state index contributed by atoms with van der Waals surface area (Å²) in [6, 6.07) is 4.48. The first-order valence-corrected chi connectivity index (χ1v) is 6.56. The zero-order valence-corrected chi connectivity index (χ0v) is 11.9. The molecule has 1 aromatic heterocycles. The van der Waals surface area contributed by atoms with E-state index in [0.29, 0.717) is 22.3 Å². The van der Waals surface area contributed by atoms with Gasteiger partial charge >= 0.3 is 0 Å². The Labute approximate surface area is 120 Å². The fourth-order valence-electron chi connectivity index (χ4n) is 2.68. The molecule has 0 saturated carbocycles. The zero-order valence-electron chi connectivity index (χ0n) is 11.9. The number of carbonyl (C=O) groups is 1. The molecule has 0 fully saturated rings. The van der Waals surface area contributed by atoms with Crippen molar-refractivity contribution < 1.29 is 14.7 Å². The number of ketones is 1. The molecule has 3 rings (SSSR count). The van der Waals surface area contributed by atoms with Gasteiger partial charge in [-0.1, -0.05) is 0 Å². The van der Waals surface area contributed by atoms with Crippen LogP contribution in [0.15, 0.2) is 23.8 Å². The summed E-state index contributed by atoms with van der Waals surface area (Å²) >= 11 is 0. The summed E-state index contributed by atoms with van der Waals surface area (Å²) in [5.74, 6) is 0.0145. The molecule has 0 aliphatic heterocycles. The smallest absolute Gasteiger partial charge is 0.272 e. The lowest BCUT2D eigenvalue weighted by Crippen LogP contribution is -2.37. The molecule has 0 radical (unpaired) electrons. The minimum Gasteiger partial charge on any atom is -0.294 e. The van der Waals surface area contributed by atoms with Crippen molar-refractivity contribution in [1.82, 2.24) is 4.98 Å². The Hall–Kier alpha value is -2.63. The number of hydrogen-bond donors (Lipinski definition) is 0. The van der Waals surface area contributed by atoms with Crippen LogP contribution >= 0.6 is 0 Å². The molecule has 0 amide bonds. The minimum atomic E-state index is -0.747. The highest BCUT2D eigenvalue weighted by atomic mass is 16.6. The third-order valence-electron chi connectivity index (χ3n) is 3.83. The predicted molar refractivity (Wildman–Crippen MR) is 76.6 cm³/mol. The van der Waals surface area contributed by atoms with Gasteiger partial charge in [0.25, 0.3) is 5.69 Å². The summed E-state index contributed by atoms with van der Waals surface area (Å²) < 4.78 is 0. The first-order valence-electron chi connectivity index (χ1n) is 6.56. The second-order valence-electron chi connectivity index (χ2n) is 5.74. The third kappa shape index (κ3) is 1.91. The summed E-state index contributed by atoms with van der Waals surface area (Å²) in [6.45, 7) is 5.41. The number of benzene rings is 1. The Kier molecular flexibility index (Phi) is 2.66. The van der Waals surface area contributed by atoms with Gasteiger partial charge in [0.15, 0.2) is 5.78 Å². The van der Waals surface area contributed by atoms with Crippen LogP contribution in [-0.2, 0) is 10.2 Å². The van der Waals surface area contributed by atoms with Crippen molar-refractivity contribution >= 4 is 28.6 Å². The average molecular weight is 284 g/mol. The number of rotatable bonds is 1. The molecule has 1 aliphatic rings. The third-order valence-corrected chi connectivity index (χ3v) is 3.83. The van der Waals surface area contributed by atoms with E-state index >= 15 is 0 Å². The zero-order chi connectivity index (χ0) is 15.4. The van der Waals surface area contributed by atoms with Crippen LogP contribution in [0.3, 0.4) is 0 Å². The quantitative estimate of drug-likeness (QED) is 0.593. The fraction of sp³-hybridized carbons (Fsp3) is 0.267. The molecule has 21 heavy (non-hydrogen) atoms. The number of nitro groups is 1. The summed E-state index contributed by atoms with van der Waals surface area (Å²) in [5, 5.41) is 10.9. The molecule has 6 nitrogen and oxygen atoms in total. The Morgan fingerprint density at radius 1 is 1.33 bits per heavy atom. The van der Waals surface area contributed by atoms with Gasteiger partial charge < -0.3 is 0 Å². The molecule has 1 aliphatic carbocycles. The van der Waals surface area contributed by atoms with Crippen molar-refractivity contribution in [3.63, 3.8) is 0 Å². The van der Waals surface area contributed by atoms with E-state index in [1.807, 2.05) is 13.8 Å². The number of allylic oxidation sites excluding steroid dienone is 1. The first-order chi connectivity index (χ1) is 9.80. The number of hydrogen-bond acceptors (Lipinski definition) is 4. The Morgan fingerprint density at radius 2 is 2.05 bits per heavy atom. The van der Waals surface area contributed by atoms with Crippen molar-refractivity contribution in [3.8, 4) is 0 Å². The lowest BCUT2D eigenvalue weighted by atomic mass is 9.76. The van der Waals surface area contributed by atoms with Gasteiger partial charge in [0, 0.05) is 24.3 Å². The van der Waals surface area contributed by atoms with Crippen molar-refractivity contribution in [3.05, 3.63) is 45.3 Å². The normalized spacial score (nSPS) is 16.5. The summed E-state index contributed by atoms with van der Waals surface area (Å²) in [5.41, 5.74) is 2.49. The van der Waals surface area contributed by atoms with Gasteiger partial charge in [0.1, 0.15) is 11.2 Å². The first kappa shape index (κ1) is 13.4. The molecule has 0 unspecified atom stereocenters. The number of fused-ring (bicyclic) bond motifs is 2. The number of nitrogens with zero attached hydrogens (tertiary/aromatic N) is 2. The Bertz CT molecular complexity index is 837. The topological polar surface area (TPSA) is 87.2 Å². The van der Waals surface area contributed by atoms with E-state index in [1.165, 1.54) is 12.1 Å². The van der Waals surface area contributed by atoms with E-state index in [2.05, 4.69) is 9.97 Å². The maximum Gasteiger partial charge on any atom is 0.272 e. The number of nitro benzene ring substituents is 1. The fourth-order valence-corrected chi connectivity index (χ4v) is 2.68. The van der Waals surface area contributed by atoms with E-state index in [4.69, 9.17) is 0 Å². The molecule has 1 aromatic carbocycles. The van der Waals surface area contributed by atoms with Crippen molar-refractivity contribution in [2.75, 3.05) is 0 Å². The van der Waals surface area contributed by atoms with Crippen LogP contribution in [0.2, 0.25) is 0 Å². The highest BCUT2D eigenvalue weighted by molar-refractivity contribution is 6.08. The largest absolute Gasteiger partial charge is 0.294 e. The lowest BCUT2D eigenvalue weighted by molar-refractivity contribution is -0.385. The van der Waals surface area contributed by atoms with Crippen LogP contribution < -0.4 is 4.98 Å². The van der Waals surface area contributed by atoms with E-state index in [-0.39, 0.29) is 11.5 Å². The molecule has 0 saturated heterocycles. The molecule has 1 heterocycles. The van der Waals surface area contributed by atoms with Crippen LogP contribution in [-0.4, -0.2) is 15.7 Å². The van der Waals surface area contributed by atoms with Gasteiger partial charge in [-0.2, -0.15) is 0 Å². The average Bonchev–Trinajstić information content (AvgIpc) is 2.43. The number of aromatic nitrogens is 2. The standard InChI is InChI=1S/C15H13N3O3/c1-8-6-12-13(15(2,3)14(8)19)17-11-7-9(18(20)21)4-5-10(11)16-12/h4-7H,1-3H3/p+1. The molecule has 106 valence electrons. The van der Waals surface area contributed by atoms with Crippen molar-refractivity contribution in [2.45, 2.75) is 26.2 Å². The van der Waals surface area contributed by atoms with Crippen LogP contribution in [0.5, 0.6) is 0 Å². The van der Waals surface area contributed by atoms with Crippen molar-refractivity contribution in [2.24, 2.45) is 0 Å². The van der Waals surface area contributed by atoms with Crippen LogP contribution in [0.1, 0.15) is 32.2 Å². The molecular formula is C15H14N3O3+. The van der Waals surface area contributed by atoms with E-state index in [9.17, 15) is 14.9 Å². The SMILES string of the molecule is CC1=Cc2[nH+]c3ccc([N+](=O)[O-])cc3nc2C(C)(C)C1=O. The lowest BCUT2D eigenvalue weighted by Gasteiger charge is -2.25. The number of Topliss-reactive ketones (excluding diaryl/α,β-unsaturated/α-hetero) is 1. The Balaban J connectivity index is 2.32. The predicted octanol–water partition coefficient (Wildman–Crippen LogP) is 2.22. The number of non-ortho nitro benzene ring substituents is 1. The maximum absolute atomic E-state index is 12.3. The molecule has 6 heteroatoms. The molecular weight excluding hydrogens is 270 g/mol. The minimum absolute atomic E-state index is 0.0145. The molecule has 0 bridgehead atoms. The van der Waals surface area contributed by atoms with E-state index in [1.54, 1.807) is 19.1 Å². The van der Waals surface area contributed by atoms with Gasteiger partial charge in [-0.05, 0) is 26.3 Å². The summed E-state index contributed by atoms with van der Waals surface area (Å²) in [6.07, 6.45) is 1.77.